The fourth-order valence-electron chi connectivity index (χ4n) is 1.58. The molecule has 1 heterocycles. The molecule has 1 N–H and O–H groups in total. The number of carbonyl (C=O) groups is 1. The number of amides is 1. The van der Waals surface area contributed by atoms with Crippen LogP contribution in [0.5, 0.6) is 11.5 Å². The predicted octanol–water partition coefficient (Wildman–Crippen LogP) is 3.14. The lowest BCUT2D eigenvalue weighted by Crippen LogP contribution is -2.05. The molecule has 1 aromatic heterocycles. The van der Waals surface area contributed by atoms with Crippen molar-refractivity contribution < 1.29 is 9.53 Å². The van der Waals surface area contributed by atoms with Crippen molar-refractivity contribution in [1.29, 1.82) is 0 Å². The highest BCUT2D eigenvalue weighted by Crippen LogP contribution is 2.26. The van der Waals surface area contributed by atoms with Crippen LogP contribution in [0.15, 0.2) is 42.7 Å². The van der Waals surface area contributed by atoms with Crippen LogP contribution in [0.1, 0.15) is 12.5 Å². The van der Waals surface area contributed by atoms with Crippen molar-refractivity contribution in [3.63, 3.8) is 0 Å². The molecule has 0 aliphatic rings. The summed E-state index contributed by atoms with van der Waals surface area (Å²) in [6.45, 7) is 3.41. The van der Waals surface area contributed by atoms with Crippen molar-refractivity contribution in [2.45, 2.75) is 13.8 Å². The van der Waals surface area contributed by atoms with Gasteiger partial charge in [-0.25, -0.2) is 0 Å². The summed E-state index contributed by atoms with van der Waals surface area (Å²) in [6.07, 6.45) is 3.35. The first kappa shape index (κ1) is 12.1. The maximum Gasteiger partial charge on any atom is 0.221 e. The van der Waals surface area contributed by atoms with Crippen molar-refractivity contribution in [2.75, 3.05) is 5.32 Å². The molecular formula is C14H14N2O2. The van der Waals surface area contributed by atoms with E-state index in [1.54, 1.807) is 18.5 Å². The third kappa shape index (κ3) is 3.07. The molecule has 2 rings (SSSR count). The molecule has 0 saturated carbocycles. The second kappa shape index (κ2) is 5.31. The number of aryl methyl sites for hydroxylation is 1. The number of ether oxygens (including phenoxy) is 1. The summed E-state index contributed by atoms with van der Waals surface area (Å²) in [5.74, 6) is 1.35. The molecule has 1 amide bonds. The lowest BCUT2D eigenvalue weighted by atomic mass is 10.2. The van der Waals surface area contributed by atoms with E-state index in [0.717, 1.165) is 17.0 Å². The summed E-state index contributed by atoms with van der Waals surface area (Å²) < 4.78 is 5.69. The number of nitrogens with one attached hydrogen (secondary N) is 1. The topological polar surface area (TPSA) is 51.2 Å². The van der Waals surface area contributed by atoms with E-state index in [4.69, 9.17) is 4.74 Å². The van der Waals surface area contributed by atoms with E-state index in [0.29, 0.717) is 5.75 Å². The third-order valence-corrected chi connectivity index (χ3v) is 2.36. The number of rotatable bonds is 3. The Morgan fingerprint density at radius 2 is 2.17 bits per heavy atom. The molecule has 4 nitrogen and oxygen atoms in total. The van der Waals surface area contributed by atoms with E-state index >= 15 is 0 Å². The Balaban J connectivity index is 2.17. The smallest absolute Gasteiger partial charge is 0.221 e. The average molecular weight is 242 g/mol. The normalized spacial score (nSPS) is 9.89. The Labute approximate surface area is 106 Å². The number of carbonyl (C=O) groups excluding carboxylic acids is 1. The van der Waals surface area contributed by atoms with Gasteiger partial charge in [0, 0.05) is 18.8 Å². The molecule has 0 atom stereocenters. The van der Waals surface area contributed by atoms with Crippen molar-refractivity contribution in [3.8, 4) is 11.5 Å². The van der Waals surface area contributed by atoms with Gasteiger partial charge in [-0.3, -0.25) is 9.78 Å². The minimum Gasteiger partial charge on any atom is -0.455 e. The van der Waals surface area contributed by atoms with Crippen molar-refractivity contribution in [2.24, 2.45) is 0 Å². The lowest BCUT2D eigenvalue weighted by molar-refractivity contribution is -0.114. The van der Waals surface area contributed by atoms with Crippen LogP contribution in [0.25, 0.3) is 0 Å². The van der Waals surface area contributed by atoms with Gasteiger partial charge in [-0.1, -0.05) is 0 Å². The van der Waals surface area contributed by atoms with Crippen LogP contribution in [0.4, 0.5) is 5.69 Å². The van der Waals surface area contributed by atoms with Crippen molar-refractivity contribution >= 4 is 11.6 Å². The monoisotopic (exact) mass is 242 g/mol. The molecule has 1 aromatic carbocycles. The highest BCUT2D eigenvalue weighted by Gasteiger charge is 2.03. The molecule has 0 unspecified atom stereocenters. The average Bonchev–Trinajstić information content (AvgIpc) is 2.33. The van der Waals surface area contributed by atoms with Gasteiger partial charge in [0.15, 0.2) is 0 Å². The summed E-state index contributed by atoms with van der Waals surface area (Å²) in [5.41, 5.74) is 1.71. The number of nitrogens with zero attached hydrogens (tertiary/aromatic N) is 1. The fraction of sp³-hybridized carbons (Fsp3) is 0.143. The highest BCUT2D eigenvalue weighted by molar-refractivity contribution is 5.88. The Morgan fingerprint density at radius 3 is 2.78 bits per heavy atom. The second-order valence-corrected chi connectivity index (χ2v) is 3.95. The number of benzene rings is 1. The first-order valence-corrected chi connectivity index (χ1v) is 5.61. The molecular weight excluding hydrogens is 228 g/mol. The number of aromatic nitrogens is 1. The van der Waals surface area contributed by atoms with Crippen LogP contribution in [0, 0.1) is 6.92 Å². The molecule has 0 saturated heterocycles. The van der Waals surface area contributed by atoms with Gasteiger partial charge in [-0.15, -0.1) is 0 Å². The van der Waals surface area contributed by atoms with E-state index in [-0.39, 0.29) is 5.91 Å². The molecule has 0 radical (unpaired) electrons. The fourth-order valence-corrected chi connectivity index (χ4v) is 1.58. The van der Waals surface area contributed by atoms with Crippen LogP contribution in [0.2, 0.25) is 0 Å². The number of hydrogen-bond acceptors (Lipinski definition) is 3. The summed E-state index contributed by atoms with van der Waals surface area (Å²) in [7, 11) is 0. The summed E-state index contributed by atoms with van der Waals surface area (Å²) in [6, 6.07) is 9.16. The molecule has 0 spiro atoms. The van der Waals surface area contributed by atoms with Crippen molar-refractivity contribution in [1.82, 2.24) is 4.98 Å². The van der Waals surface area contributed by atoms with E-state index in [2.05, 4.69) is 10.3 Å². The Kier molecular flexibility index (Phi) is 3.57. The first-order chi connectivity index (χ1) is 8.65. The lowest BCUT2D eigenvalue weighted by Gasteiger charge is -2.10. The van der Waals surface area contributed by atoms with Crippen LogP contribution in [-0.2, 0) is 4.79 Å². The van der Waals surface area contributed by atoms with Gasteiger partial charge < -0.3 is 10.1 Å². The molecule has 0 aliphatic carbocycles. The van der Waals surface area contributed by atoms with Gasteiger partial charge in [-0.05, 0) is 42.8 Å². The Morgan fingerprint density at radius 1 is 1.33 bits per heavy atom. The molecule has 92 valence electrons. The van der Waals surface area contributed by atoms with Gasteiger partial charge in [-0.2, -0.15) is 0 Å². The van der Waals surface area contributed by atoms with Gasteiger partial charge in [0.25, 0.3) is 0 Å². The van der Waals surface area contributed by atoms with Gasteiger partial charge in [0.2, 0.25) is 5.91 Å². The number of hydrogen-bond donors (Lipinski definition) is 1. The zero-order valence-electron chi connectivity index (χ0n) is 10.3. The van der Waals surface area contributed by atoms with Crippen LogP contribution in [0.3, 0.4) is 0 Å². The SMILES string of the molecule is CC(=O)Nc1ccc(Oc2cccnc2)c(C)c1. The maximum absolute atomic E-state index is 10.9. The minimum absolute atomic E-state index is 0.0877. The van der Waals surface area contributed by atoms with E-state index in [1.807, 2.05) is 31.2 Å². The molecule has 2 aromatic rings. The summed E-state index contributed by atoms with van der Waals surface area (Å²) >= 11 is 0. The Bertz CT molecular complexity index is 553. The van der Waals surface area contributed by atoms with E-state index in [9.17, 15) is 4.79 Å². The van der Waals surface area contributed by atoms with Crippen LogP contribution >= 0.6 is 0 Å². The molecule has 0 aliphatic heterocycles. The number of anilines is 1. The predicted molar refractivity (Wildman–Crippen MR) is 69.8 cm³/mol. The van der Waals surface area contributed by atoms with Crippen LogP contribution < -0.4 is 10.1 Å². The molecule has 0 fully saturated rings. The Hall–Kier alpha value is -2.36. The van der Waals surface area contributed by atoms with Gasteiger partial charge >= 0.3 is 0 Å². The van der Waals surface area contributed by atoms with Gasteiger partial charge in [0.05, 0.1) is 6.20 Å². The largest absolute Gasteiger partial charge is 0.455 e. The second-order valence-electron chi connectivity index (χ2n) is 3.95. The van der Waals surface area contributed by atoms with Gasteiger partial charge in [0.1, 0.15) is 11.5 Å². The third-order valence-electron chi connectivity index (χ3n) is 2.36. The minimum atomic E-state index is -0.0877. The molecule has 4 heteroatoms. The maximum atomic E-state index is 10.9. The van der Waals surface area contributed by atoms with E-state index in [1.165, 1.54) is 6.92 Å². The molecule has 18 heavy (non-hydrogen) atoms. The molecule has 0 bridgehead atoms. The highest BCUT2D eigenvalue weighted by atomic mass is 16.5. The number of pyridine rings is 1. The zero-order chi connectivity index (χ0) is 13.0. The first-order valence-electron chi connectivity index (χ1n) is 5.61. The van der Waals surface area contributed by atoms with E-state index < -0.39 is 0 Å². The van der Waals surface area contributed by atoms with Crippen LogP contribution in [-0.4, -0.2) is 10.9 Å². The summed E-state index contributed by atoms with van der Waals surface area (Å²) in [4.78, 5) is 14.9. The standard InChI is InChI=1S/C14H14N2O2/c1-10-8-12(16-11(2)17)5-6-14(10)18-13-4-3-7-15-9-13/h3-9H,1-2H3,(H,16,17). The summed E-state index contributed by atoms with van der Waals surface area (Å²) in [5, 5.41) is 2.73. The quantitative estimate of drug-likeness (QED) is 0.899. The van der Waals surface area contributed by atoms with Crippen molar-refractivity contribution in [3.05, 3.63) is 48.3 Å². The zero-order valence-corrected chi connectivity index (χ0v) is 10.3.